The van der Waals surface area contributed by atoms with Gasteiger partial charge in [-0.1, -0.05) is 11.8 Å². The lowest BCUT2D eigenvalue weighted by molar-refractivity contribution is -0.210. The predicted octanol–water partition coefficient (Wildman–Crippen LogP) is 5.98. The van der Waals surface area contributed by atoms with Gasteiger partial charge in [-0.25, -0.2) is 4.99 Å². The summed E-state index contributed by atoms with van der Waals surface area (Å²) < 4.78 is 11.4. The van der Waals surface area contributed by atoms with Crippen LogP contribution in [-0.2, 0) is 20.6 Å². The van der Waals surface area contributed by atoms with Crippen molar-refractivity contribution in [2.75, 3.05) is 84.2 Å². The number of thioether (sulfide) groups is 10. The number of hydrogen-bond donors (Lipinski definition) is 2. The van der Waals surface area contributed by atoms with Gasteiger partial charge in [0.1, 0.15) is 6.61 Å². The maximum absolute atomic E-state index is 11.8. The molecule has 1 unspecified atom stereocenters. The van der Waals surface area contributed by atoms with E-state index < -0.39 is 10.8 Å². The molecular formula is C18H35N3O5S11. The van der Waals surface area contributed by atoms with Crippen molar-refractivity contribution in [1.82, 2.24) is 5.32 Å². The number of rotatable bonds is 28. The minimum atomic E-state index is -0.958. The number of nitrogens with zero attached hydrogens (tertiary/aromatic N) is 2. The Morgan fingerprint density at radius 3 is 2.24 bits per heavy atom. The second-order valence-electron chi connectivity index (χ2n) is 5.74. The van der Waals surface area contributed by atoms with E-state index in [9.17, 15) is 9.00 Å². The van der Waals surface area contributed by atoms with E-state index in [4.69, 9.17) is 14.9 Å². The maximum Gasteiger partial charge on any atom is 0.280 e. The molecule has 0 saturated carbocycles. The van der Waals surface area contributed by atoms with E-state index in [2.05, 4.69) is 15.3 Å². The Hall–Kier alpha value is 2.18. The highest BCUT2D eigenvalue weighted by Crippen LogP contribution is 2.24. The fourth-order valence-corrected chi connectivity index (χ4v) is 13.4. The molecular weight excluding hydrogens is 691 g/mol. The molecule has 0 aliphatic rings. The molecule has 0 aromatic heterocycles. The number of aliphatic hydroxyl groups excluding tert-OH is 1. The van der Waals surface area contributed by atoms with Gasteiger partial charge in [0.05, 0.1) is 39.8 Å². The predicted molar refractivity (Wildman–Crippen MR) is 188 cm³/mol. The molecule has 0 aliphatic heterocycles. The van der Waals surface area contributed by atoms with Crippen LogP contribution in [0.25, 0.3) is 0 Å². The molecule has 19 heteroatoms. The van der Waals surface area contributed by atoms with Crippen LogP contribution in [-0.4, -0.2) is 111 Å². The lowest BCUT2D eigenvalue weighted by atomic mass is 10.9. The Labute approximate surface area is 266 Å². The minimum Gasteiger partial charge on any atom is -0.396 e. The molecule has 0 saturated heterocycles. The van der Waals surface area contributed by atoms with Gasteiger partial charge < -0.3 is 15.3 Å². The summed E-state index contributed by atoms with van der Waals surface area (Å²) in [6.07, 6.45) is 1.32. The molecule has 0 aromatic rings. The molecule has 0 fully saturated rings. The second-order valence-corrected chi connectivity index (χ2v) is 20.0. The fourth-order valence-electron chi connectivity index (χ4n) is 1.57. The first-order valence-electron chi connectivity index (χ1n) is 10.5. The van der Waals surface area contributed by atoms with Crippen molar-refractivity contribution in [2.45, 2.75) is 0 Å². The molecule has 0 heterocycles. The van der Waals surface area contributed by atoms with E-state index >= 15 is 0 Å². The van der Waals surface area contributed by atoms with E-state index in [0.29, 0.717) is 29.2 Å². The Bertz CT molecular complexity index is 598. The minimum absolute atomic E-state index is 0.0330. The monoisotopic (exact) mass is 725 g/mol. The average molecular weight is 726 g/mol. The highest BCUT2D eigenvalue weighted by molar-refractivity contribution is 8.30. The van der Waals surface area contributed by atoms with Gasteiger partial charge in [-0.05, 0) is 0 Å². The lowest BCUT2D eigenvalue weighted by Gasteiger charge is -2.05. The SMILES string of the molecule is CN=CS(=O)CSCSCSCSCSC(=O)NCSCSCSCSC/N=C/OOCCSCCO. The first kappa shape index (κ1) is 39.2. The van der Waals surface area contributed by atoms with Gasteiger partial charge in [0, 0.05) is 54.1 Å². The second kappa shape index (κ2) is 34.4. The number of aliphatic hydroxyl groups is 1. The van der Waals surface area contributed by atoms with Crippen molar-refractivity contribution in [3.63, 3.8) is 0 Å². The van der Waals surface area contributed by atoms with Gasteiger partial charge in [0.2, 0.25) is 6.40 Å². The van der Waals surface area contributed by atoms with Gasteiger partial charge in [-0.2, -0.15) is 16.6 Å². The van der Waals surface area contributed by atoms with Gasteiger partial charge in [0.15, 0.2) is 0 Å². The summed E-state index contributed by atoms with van der Waals surface area (Å²) in [5.41, 5.74) is 1.48. The number of aliphatic imine (C=N–C) groups is 2. The number of carbonyl (C=O) groups excluding carboxylic acids is 1. The highest BCUT2D eigenvalue weighted by atomic mass is 32.3. The van der Waals surface area contributed by atoms with Gasteiger partial charge in [-0.3, -0.25) is 14.0 Å². The Morgan fingerprint density at radius 1 is 0.892 bits per heavy atom. The van der Waals surface area contributed by atoms with Crippen LogP contribution in [0.3, 0.4) is 0 Å². The lowest BCUT2D eigenvalue weighted by Crippen LogP contribution is -2.17. The molecule has 2 N–H and O–H groups in total. The summed E-state index contributed by atoms with van der Waals surface area (Å²) >= 11 is 17.2. The summed E-state index contributed by atoms with van der Waals surface area (Å²) in [4.78, 5) is 29.5. The molecule has 0 bridgehead atoms. The van der Waals surface area contributed by atoms with Crippen LogP contribution in [0.2, 0.25) is 0 Å². The van der Waals surface area contributed by atoms with E-state index in [-0.39, 0.29) is 11.8 Å². The Balaban J connectivity index is 3.23. The van der Waals surface area contributed by atoms with Crippen LogP contribution in [0.15, 0.2) is 9.98 Å². The van der Waals surface area contributed by atoms with E-state index in [1.807, 2.05) is 47.0 Å². The van der Waals surface area contributed by atoms with Crippen LogP contribution in [0.5, 0.6) is 0 Å². The van der Waals surface area contributed by atoms with Crippen molar-refractivity contribution in [1.29, 1.82) is 0 Å². The van der Waals surface area contributed by atoms with E-state index in [1.54, 1.807) is 65.9 Å². The zero-order valence-electron chi connectivity index (χ0n) is 20.5. The maximum atomic E-state index is 11.8. The molecule has 0 spiro atoms. The largest absolute Gasteiger partial charge is 0.396 e. The van der Waals surface area contributed by atoms with Gasteiger partial charge in [0.25, 0.3) is 5.24 Å². The summed E-state index contributed by atoms with van der Waals surface area (Å²) in [7, 11) is 0.677. The van der Waals surface area contributed by atoms with Crippen LogP contribution in [0.4, 0.5) is 4.79 Å². The Kier molecular flexibility index (Phi) is 36.4. The summed E-state index contributed by atoms with van der Waals surface area (Å²) in [5, 5.41) is 18.8. The average Bonchev–Trinajstić information content (AvgIpc) is 2.89. The van der Waals surface area contributed by atoms with Crippen LogP contribution in [0.1, 0.15) is 0 Å². The zero-order valence-corrected chi connectivity index (χ0v) is 29.5. The molecule has 0 radical (unpaired) electrons. The number of nitrogens with one attached hydrogen (secondary N) is 1. The number of carbonyl (C=O) groups is 1. The van der Waals surface area contributed by atoms with Crippen molar-refractivity contribution in [3.05, 3.63) is 0 Å². The third kappa shape index (κ3) is 34.3. The molecule has 0 aliphatic carbocycles. The molecule has 8 nitrogen and oxygen atoms in total. The van der Waals surface area contributed by atoms with Gasteiger partial charge in [-0.15, -0.1) is 94.1 Å². The van der Waals surface area contributed by atoms with E-state index in [0.717, 1.165) is 41.3 Å². The molecule has 218 valence electrons. The van der Waals surface area contributed by atoms with Crippen LogP contribution in [0, 0.1) is 0 Å². The summed E-state index contributed by atoms with van der Waals surface area (Å²) in [6, 6.07) is 0. The smallest absolute Gasteiger partial charge is 0.280 e. The number of amides is 1. The topological polar surface area (TPSA) is 110 Å². The summed E-state index contributed by atoms with van der Waals surface area (Å²) in [5.74, 6) is 2.76. The van der Waals surface area contributed by atoms with Crippen molar-refractivity contribution < 1.29 is 23.9 Å². The normalized spacial score (nSPS) is 12.5. The molecule has 0 aromatic carbocycles. The van der Waals surface area contributed by atoms with Crippen molar-refractivity contribution in [3.8, 4) is 0 Å². The number of hydrogen-bond acceptors (Lipinski definition) is 17. The molecule has 0 rings (SSSR count). The zero-order chi connectivity index (χ0) is 27.1. The highest BCUT2D eigenvalue weighted by Gasteiger charge is 2.02. The third-order valence-corrected chi connectivity index (χ3v) is 16.1. The van der Waals surface area contributed by atoms with Crippen LogP contribution < -0.4 is 5.32 Å². The Morgan fingerprint density at radius 2 is 1.54 bits per heavy atom. The summed E-state index contributed by atoms with van der Waals surface area (Å²) in [6.45, 7) is 0.653. The van der Waals surface area contributed by atoms with E-state index in [1.165, 1.54) is 23.7 Å². The first-order valence-corrected chi connectivity index (χ1v) is 23.2. The quantitative estimate of drug-likeness (QED) is 0.0246. The van der Waals surface area contributed by atoms with Crippen LogP contribution >= 0.6 is 118 Å². The molecule has 37 heavy (non-hydrogen) atoms. The molecule has 1 atom stereocenters. The van der Waals surface area contributed by atoms with Crippen molar-refractivity contribution in [2.24, 2.45) is 9.98 Å². The first-order chi connectivity index (χ1) is 18.2. The molecule has 1 amide bonds. The standard InChI is InChI=1S/C18H35N3O5S11/c1-19-9-37(24)17-35-15-33-13-32-14-34-16-36-18(23)21-8-29-11-31-12-30-10-28-7-20-6-26-25-3-5-27-4-2-22/h6,9,22H,2-5,7-8,10-17H2,1H3,(H,21,23)/b19-9?,20-6+. The third-order valence-electron chi connectivity index (χ3n) is 2.91. The fraction of sp³-hybridized carbons (Fsp3) is 0.833. The van der Waals surface area contributed by atoms with Gasteiger partial charge >= 0.3 is 0 Å². The van der Waals surface area contributed by atoms with Crippen molar-refractivity contribution >= 4 is 146 Å².